The molecular formula is C25H32N2O5S. The number of benzene rings is 2. The van der Waals surface area contributed by atoms with E-state index < -0.39 is 28.5 Å². The number of carbonyl (C=O) groups is 2. The molecule has 1 amide bonds. The third-order valence-corrected chi connectivity index (χ3v) is 7.56. The van der Waals surface area contributed by atoms with Gasteiger partial charge >= 0.3 is 5.97 Å². The van der Waals surface area contributed by atoms with E-state index in [1.165, 1.54) is 28.6 Å². The van der Waals surface area contributed by atoms with Crippen molar-refractivity contribution in [3.8, 4) is 0 Å². The second-order valence-corrected chi connectivity index (χ2v) is 11.1. The van der Waals surface area contributed by atoms with Crippen LogP contribution < -0.4 is 5.32 Å². The minimum atomic E-state index is -3.72. The van der Waals surface area contributed by atoms with Gasteiger partial charge in [-0.15, -0.1) is 0 Å². The van der Waals surface area contributed by atoms with Crippen molar-refractivity contribution in [3.05, 3.63) is 59.7 Å². The highest BCUT2D eigenvalue weighted by molar-refractivity contribution is 7.89. The maximum absolute atomic E-state index is 13.1. The zero-order valence-electron chi connectivity index (χ0n) is 19.6. The first-order valence-electron chi connectivity index (χ1n) is 11.2. The molecule has 0 saturated carbocycles. The summed E-state index contributed by atoms with van der Waals surface area (Å²) in [5.41, 5.74) is 1.74. The molecule has 33 heavy (non-hydrogen) atoms. The van der Waals surface area contributed by atoms with Gasteiger partial charge < -0.3 is 10.1 Å². The summed E-state index contributed by atoms with van der Waals surface area (Å²) in [4.78, 5) is 24.9. The Bertz CT molecular complexity index is 1100. The number of piperidine rings is 1. The number of rotatable bonds is 7. The van der Waals surface area contributed by atoms with Crippen LogP contribution in [0.2, 0.25) is 0 Å². The second kappa shape index (κ2) is 10.5. The van der Waals surface area contributed by atoms with Crippen molar-refractivity contribution in [2.75, 3.05) is 25.0 Å². The highest BCUT2D eigenvalue weighted by atomic mass is 32.2. The lowest BCUT2D eigenvalue weighted by molar-refractivity contribution is -0.119. The third-order valence-electron chi connectivity index (χ3n) is 5.73. The molecule has 1 saturated heterocycles. The van der Waals surface area contributed by atoms with Crippen LogP contribution in [0, 0.1) is 11.8 Å². The first-order chi connectivity index (χ1) is 15.6. The zero-order chi connectivity index (χ0) is 24.2. The summed E-state index contributed by atoms with van der Waals surface area (Å²) < 4.78 is 32.9. The normalized spacial score (nSPS) is 19.3. The van der Waals surface area contributed by atoms with Crippen LogP contribution in [0.5, 0.6) is 0 Å². The van der Waals surface area contributed by atoms with Crippen molar-refractivity contribution in [3.63, 3.8) is 0 Å². The molecule has 8 heteroatoms. The maximum Gasteiger partial charge on any atom is 0.338 e. The minimum absolute atomic E-state index is 0.0496. The van der Waals surface area contributed by atoms with Gasteiger partial charge in [-0.05, 0) is 54.0 Å². The molecule has 7 nitrogen and oxygen atoms in total. The average Bonchev–Trinajstić information content (AvgIpc) is 2.77. The third kappa shape index (κ3) is 6.21. The molecule has 1 aliphatic rings. The minimum Gasteiger partial charge on any atom is -0.452 e. The molecule has 2 aromatic carbocycles. The van der Waals surface area contributed by atoms with Gasteiger partial charge in [0, 0.05) is 18.8 Å². The number of para-hydroxylation sites is 1. The van der Waals surface area contributed by atoms with E-state index in [2.05, 4.69) is 5.32 Å². The number of ether oxygens (including phenoxy) is 1. The summed E-state index contributed by atoms with van der Waals surface area (Å²) in [7, 11) is -3.72. The topological polar surface area (TPSA) is 92.8 Å². The number of hydrogen-bond acceptors (Lipinski definition) is 5. The monoisotopic (exact) mass is 472 g/mol. The lowest BCUT2D eigenvalue weighted by atomic mass is 9.94. The van der Waals surface area contributed by atoms with Gasteiger partial charge in [-0.3, -0.25) is 4.79 Å². The Kier molecular flexibility index (Phi) is 7.92. The van der Waals surface area contributed by atoms with Gasteiger partial charge in [0.05, 0.1) is 10.5 Å². The molecular weight excluding hydrogens is 440 g/mol. The Morgan fingerprint density at radius 2 is 1.73 bits per heavy atom. The molecule has 2 unspecified atom stereocenters. The Morgan fingerprint density at radius 3 is 2.39 bits per heavy atom. The van der Waals surface area contributed by atoms with Gasteiger partial charge in [0.1, 0.15) is 0 Å². The van der Waals surface area contributed by atoms with E-state index in [1.54, 1.807) is 6.07 Å². The van der Waals surface area contributed by atoms with Crippen molar-refractivity contribution in [1.82, 2.24) is 4.31 Å². The van der Waals surface area contributed by atoms with Crippen molar-refractivity contribution < 1.29 is 22.7 Å². The molecule has 1 fully saturated rings. The van der Waals surface area contributed by atoms with Crippen LogP contribution in [0.3, 0.4) is 0 Å². The number of esters is 1. The summed E-state index contributed by atoms with van der Waals surface area (Å²) >= 11 is 0. The summed E-state index contributed by atoms with van der Waals surface area (Å²) in [5, 5.41) is 2.77. The van der Waals surface area contributed by atoms with Crippen molar-refractivity contribution >= 4 is 27.6 Å². The second-order valence-electron chi connectivity index (χ2n) is 9.16. The van der Waals surface area contributed by atoms with E-state index in [1.807, 2.05) is 45.9 Å². The van der Waals surface area contributed by atoms with Crippen LogP contribution in [0.15, 0.2) is 53.4 Å². The van der Waals surface area contributed by atoms with Gasteiger partial charge in [-0.1, -0.05) is 52.0 Å². The number of carbonyl (C=O) groups excluding carboxylic acids is 2. The average molecular weight is 473 g/mol. The van der Waals surface area contributed by atoms with Gasteiger partial charge in [-0.25, -0.2) is 13.2 Å². The standard InChI is InChI=1S/C25H32N2O5S/c1-17(2)22-10-5-6-11-23(22)26-24(28)16-32-25(29)20-8-7-9-21(13-20)33(30,31)27-14-18(3)12-19(4)15-27/h5-11,13,17-19H,12,14-16H2,1-4H3,(H,26,28). The van der Waals surface area contributed by atoms with Gasteiger partial charge in [0.15, 0.2) is 6.61 Å². The van der Waals surface area contributed by atoms with Gasteiger partial charge in [0.25, 0.3) is 5.91 Å². The Labute approximate surface area is 196 Å². The van der Waals surface area contributed by atoms with Crippen LogP contribution in [-0.2, 0) is 19.6 Å². The van der Waals surface area contributed by atoms with E-state index in [4.69, 9.17) is 4.74 Å². The molecule has 0 radical (unpaired) electrons. The Hall–Kier alpha value is -2.71. The molecule has 0 bridgehead atoms. The lowest BCUT2D eigenvalue weighted by Crippen LogP contribution is -2.42. The predicted molar refractivity (Wildman–Crippen MR) is 128 cm³/mol. The van der Waals surface area contributed by atoms with Crippen LogP contribution in [0.1, 0.15) is 56.0 Å². The van der Waals surface area contributed by atoms with E-state index in [0.29, 0.717) is 18.8 Å². The Morgan fingerprint density at radius 1 is 1.06 bits per heavy atom. The molecule has 178 valence electrons. The summed E-state index contributed by atoms with van der Waals surface area (Å²) in [6.45, 7) is 8.57. The fraction of sp³-hybridized carbons (Fsp3) is 0.440. The Balaban J connectivity index is 1.66. The number of nitrogens with zero attached hydrogens (tertiary/aromatic N) is 1. The zero-order valence-corrected chi connectivity index (χ0v) is 20.4. The fourth-order valence-electron chi connectivity index (χ4n) is 4.25. The van der Waals surface area contributed by atoms with Crippen molar-refractivity contribution in [1.29, 1.82) is 0 Å². The molecule has 2 atom stereocenters. The highest BCUT2D eigenvalue weighted by Crippen LogP contribution is 2.27. The number of anilines is 1. The molecule has 0 spiro atoms. The number of nitrogens with one attached hydrogen (secondary N) is 1. The van der Waals surface area contributed by atoms with Gasteiger partial charge in [-0.2, -0.15) is 4.31 Å². The van der Waals surface area contributed by atoms with Crippen LogP contribution in [0.25, 0.3) is 0 Å². The number of amides is 1. The van der Waals surface area contributed by atoms with Crippen LogP contribution in [-0.4, -0.2) is 44.3 Å². The largest absolute Gasteiger partial charge is 0.452 e. The lowest BCUT2D eigenvalue weighted by Gasteiger charge is -2.34. The fourth-order valence-corrected chi connectivity index (χ4v) is 5.98. The molecule has 1 heterocycles. The molecule has 2 aromatic rings. The molecule has 3 rings (SSSR count). The smallest absolute Gasteiger partial charge is 0.338 e. The van der Waals surface area contributed by atoms with E-state index >= 15 is 0 Å². The predicted octanol–water partition coefficient (Wildman–Crippen LogP) is 4.27. The summed E-state index contributed by atoms with van der Waals surface area (Å²) in [6.07, 6.45) is 0.988. The SMILES string of the molecule is CC1CC(C)CN(S(=O)(=O)c2cccc(C(=O)OCC(=O)Nc3ccccc3C(C)C)c2)C1. The molecule has 0 aromatic heterocycles. The first-order valence-corrected chi connectivity index (χ1v) is 12.7. The van der Waals surface area contributed by atoms with Crippen LogP contribution in [0.4, 0.5) is 5.69 Å². The first kappa shape index (κ1) is 24.9. The van der Waals surface area contributed by atoms with Crippen molar-refractivity contribution in [2.24, 2.45) is 11.8 Å². The quantitative estimate of drug-likeness (QED) is 0.608. The van der Waals surface area contributed by atoms with Crippen LogP contribution >= 0.6 is 0 Å². The van der Waals surface area contributed by atoms with E-state index in [9.17, 15) is 18.0 Å². The number of sulfonamides is 1. The molecule has 1 aliphatic heterocycles. The highest BCUT2D eigenvalue weighted by Gasteiger charge is 2.32. The molecule has 1 N–H and O–H groups in total. The van der Waals surface area contributed by atoms with E-state index in [0.717, 1.165) is 12.0 Å². The van der Waals surface area contributed by atoms with E-state index in [-0.39, 0.29) is 28.2 Å². The summed E-state index contributed by atoms with van der Waals surface area (Å²) in [5.74, 6) is -0.442. The van der Waals surface area contributed by atoms with Crippen molar-refractivity contribution in [2.45, 2.75) is 44.9 Å². The summed E-state index contributed by atoms with van der Waals surface area (Å²) in [6, 6.07) is 13.2. The maximum atomic E-state index is 13.1. The van der Waals surface area contributed by atoms with Gasteiger partial charge in [0.2, 0.25) is 10.0 Å². The number of hydrogen-bond donors (Lipinski definition) is 1. The molecule has 0 aliphatic carbocycles.